The van der Waals surface area contributed by atoms with E-state index in [0.29, 0.717) is 0 Å². The molecule has 2 heteroatoms. The zero-order chi connectivity index (χ0) is 36.4. The average molecular weight is 693 g/mol. The zero-order valence-corrected chi connectivity index (χ0v) is 30.5. The standard InChI is InChI=1S/C52H40N2/c1-37-18-17-29-48-50(37)52(39-30-33-45(34-31-39)53(41-19-7-3-8-20-41)42-21-9-4-10-22-42)47-28-16-15-27-46(47)51(48)40-32-35-49(38(2)36-40)54(43-23-11-5-12-24-43)44-25-13-6-14-26-44/h3-36H,1-2H3. The number of anilines is 6. The predicted octanol–water partition coefficient (Wildman–Crippen LogP) is 14.9. The molecular weight excluding hydrogens is 653 g/mol. The summed E-state index contributed by atoms with van der Waals surface area (Å²) in [5, 5.41) is 5.05. The molecule has 258 valence electrons. The number of nitrogens with zero attached hydrogens (tertiary/aromatic N) is 2. The van der Waals surface area contributed by atoms with Crippen molar-refractivity contribution in [3.05, 3.63) is 217 Å². The molecule has 0 amide bonds. The molecule has 0 saturated carbocycles. The van der Waals surface area contributed by atoms with Gasteiger partial charge in [0.2, 0.25) is 0 Å². The second-order valence-corrected chi connectivity index (χ2v) is 13.9. The summed E-state index contributed by atoms with van der Waals surface area (Å²) in [7, 11) is 0. The molecule has 0 N–H and O–H groups in total. The van der Waals surface area contributed by atoms with Gasteiger partial charge in [-0.1, -0.05) is 133 Å². The molecule has 0 atom stereocenters. The first-order chi connectivity index (χ1) is 26.7. The third-order valence-corrected chi connectivity index (χ3v) is 10.5. The maximum absolute atomic E-state index is 2.37. The van der Waals surface area contributed by atoms with Gasteiger partial charge in [-0.3, -0.25) is 0 Å². The van der Waals surface area contributed by atoms with Gasteiger partial charge < -0.3 is 9.80 Å². The highest BCUT2D eigenvalue weighted by Crippen LogP contribution is 2.47. The van der Waals surface area contributed by atoms with Gasteiger partial charge in [-0.05, 0) is 142 Å². The minimum Gasteiger partial charge on any atom is -0.311 e. The normalized spacial score (nSPS) is 11.1. The second kappa shape index (κ2) is 14.3. The van der Waals surface area contributed by atoms with Crippen LogP contribution in [0.4, 0.5) is 34.1 Å². The molecular formula is C52H40N2. The molecule has 9 aromatic carbocycles. The van der Waals surface area contributed by atoms with Crippen molar-refractivity contribution in [2.24, 2.45) is 0 Å². The van der Waals surface area contributed by atoms with Crippen LogP contribution in [0.3, 0.4) is 0 Å². The maximum Gasteiger partial charge on any atom is 0.0491 e. The van der Waals surface area contributed by atoms with Gasteiger partial charge >= 0.3 is 0 Å². The Balaban J connectivity index is 1.20. The Hall–Kier alpha value is -6.90. The summed E-state index contributed by atoms with van der Waals surface area (Å²) < 4.78 is 0. The summed E-state index contributed by atoms with van der Waals surface area (Å²) in [5.74, 6) is 0. The van der Waals surface area contributed by atoms with Crippen molar-refractivity contribution in [3.8, 4) is 22.3 Å². The highest BCUT2D eigenvalue weighted by Gasteiger charge is 2.21. The van der Waals surface area contributed by atoms with Crippen molar-refractivity contribution in [2.45, 2.75) is 13.8 Å². The van der Waals surface area contributed by atoms with E-state index in [1.165, 1.54) is 54.9 Å². The molecule has 0 bridgehead atoms. The van der Waals surface area contributed by atoms with Gasteiger partial charge in [0.1, 0.15) is 0 Å². The lowest BCUT2D eigenvalue weighted by Gasteiger charge is -2.27. The summed E-state index contributed by atoms with van der Waals surface area (Å²) in [6.45, 7) is 4.48. The van der Waals surface area contributed by atoms with E-state index in [4.69, 9.17) is 0 Å². The second-order valence-electron chi connectivity index (χ2n) is 13.9. The topological polar surface area (TPSA) is 6.48 Å². The van der Waals surface area contributed by atoms with Crippen LogP contribution >= 0.6 is 0 Å². The van der Waals surface area contributed by atoms with Crippen LogP contribution in [0.25, 0.3) is 43.8 Å². The zero-order valence-electron chi connectivity index (χ0n) is 30.5. The molecule has 0 aliphatic heterocycles. The molecule has 0 spiro atoms. The Kier molecular flexibility index (Phi) is 8.70. The van der Waals surface area contributed by atoms with E-state index >= 15 is 0 Å². The number of fused-ring (bicyclic) bond motifs is 2. The van der Waals surface area contributed by atoms with E-state index < -0.39 is 0 Å². The van der Waals surface area contributed by atoms with E-state index in [-0.39, 0.29) is 0 Å². The lowest BCUT2D eigenvalue weighted by Crippen LogP contribution is -2.11. The Bertz CT molecular complexity index is 2630. The van der Waals surface area contributed by atoms with E-state index in [2.05, 4.69) is 230 Å². The smallest absolute Gasteiger partial charge is 0.0491 e. The molecule has 9 aromatic rings. The van der Waals surface area contributed by atoms with Crippen molar-refractivity contribution in [2.75, 3.05) is 9.80 Å². The molecule has 54 heavy (non-hydrogen) atoms. The first-order valence-corrected chi connectivity index (χ1v) is 18.6. The number of hydrogen-bond acceptors (Lipinski definition) is 2. The van der Waals surface area contributed by atoms with Gasteiger partial charge in [0.25, 0.3) is 0 Å². The quantitative estimate of drug-likeness (QED) is 0.146. The fourth-order valence-corrected chi connectivity index (χ4v) is 8.04. The molecule has 0 aliphatic carbocycles. The van der Waals surface area contributed by atoms with Crippen molar-refractivity contribution in [1.82, 2.24) is 0 Å². The molecule has 0 heterocycles. The van der Waals surface area contributed by atoms with Crippen LogP contribution in [0, 0.1) is 13.8 Å². The largest absolute Gasteiger partial charge is 0.311 e. The van der Waals surface area contributed by atoms with Crippen molar-refractivity contribution in [1.29, 1.82) is 0 Å². The lowest BCUT2D eigenvalue weighted by atomic mass is 9.84. The molecule has 0 aliphatic rings. The van der Waals surface area contributed by atoms with Gasteiger partial charge in [0.05, 0.1) is 0 Å². The van der Waals surface area contributed by atoms with Gasteiger partial charge in [-0.15, -0.1) is 0 Å². The number of para-hydroxylation sites is 4. The Labute approximate surface area is 317 Å². The van der Waals surface area contributed by atoms with Crippen molar-refractivity contribution in [3.63, 3.8) is 0 Å². The third-order valence-electron chi connectivity index (χ3n) is 10.5. The van der Waals surface area contributed by atoms with Gasteiger partial charge in [0, 0.05) is 34.1 Å². The monoisotopic (exact) mass is 692 g/mol. The lowest BCUT2D eigenvalue weighted by molar-refractivity contribution is 1.25. The highest BCUT2D eigenvalue weighted by atomic mass is 15.1. The summed E-state index contributed by atoms with van der Waals surface area (Å²) in [6, 6.07) is 74.2. The van der Waals surface area contributed by atoms with Crippen LogP contribution in [0.5, 0.6) is 0 Å². The molecule has 9 rings (SSSR count). The summed E-state index contributed by atoms with van der Waals surface area (Å²) >= 11 is 0. The Morgan fingerprint density at radius 1 is 0.296 bits per heavy atom. The number of aryl methyl sites for hydroxylation is 2. The minimum atomic E-state index is 1.12. The molecule has 0 unspecified atom stereocenters. The maximum atomic E-state index is 2.37. The Morgan fingerprint density at radius 3 is 1.24 bits per heavy atom. The highest BCUT2D eigenvalue weighted by molar-refractivity contribution is 6.22. The summed E-state index contributed by atoms with van der Waals surface area (Å²) in [5.41, 5.74) is 14.3. The van der Waals surface area contributed by atoms with Crippen LogP contribution in [-0.2, 0) is 0 Å². The predicted molar refractivity (Wildman–Crippen MR) is 231 cm³/mol. The van der Waals surface area contributed by atoms with Crippen molar-refractivity contribution < 1.29 is 0 Å². The van der Waals surface area contributed by atoms with Crippen LogP contribution in [0.2, 0.25) is 0 Å². The van der Waals surface area contributed by atoms with E-state index in [9.17, 15) is 0 Å². The summed E-state index contributed by atoms with van der Waals surface area (Å²) in [6.07, 6.45) is 0. The van der Waals surface area contributed by atoms with E-state index in [1.54, 1.807) is 0 Å². The fourth-order valence-electron chi connectivity index (χ4n) is 8.04. The van der Waals surface area contributed by atoms with Crippen LogP contribution in [0.15, 0.2) is 206 Å². The molecule has 0 radical (unpaired) electrons. The van der Waals surface area contributed by atoms with Crippen LogP contribution in [0.1, 0.15) is 11.1 Å². The minimum absolute atomic E-state index is 1.12. The van der Waals surface area contributed by atoms with Gasteiger partial charge in [-0.2, -0.15) is 0 Å². The number of benzene rings is 9. The van der Waals surface area contributed by atoms with Gasteiger partial charge in [0.15, 0.2) is 0 Å². The average Bonchev–Trinajstić information content (AvgIpc) is 3.23. The fraction of sp³-hybridized carbons (Fsp3) is 0.0385. The first kappa shape index (κ1) is 33.0. The van der Waals surface area contributed by atoms with Crippen LogP contribution in [-0.4, -0.2) is 0 Å². The number of hydrogen-bond donors (Lipinski definition) is 0. The first-order valence-electron chi connectivity index (χ1n) is 18.6. The third kappa shape index (κ3) is 5.98. The van der Waals surface area contributed by atoms with E-state index in [1.807, 2.05) is 0 Å². The molecule has 0 aromatic heterocycles. The molecule has 2 nitrogen and oxygen atoms in total. The van der Waals surface area contributed by atoms with Gasteiger partial charge in [-0.25, -0.2) is 0 Å². The summed E-state index contributed by atoms with van der Waals surface area (Å²) in [4.78, 5) is 4.67. The molecule has 0 saturated heterocycles. The Morgan fingerprint density at radius 2 is 0.722 bits per heavy atom. The van der Waals surface area contributed by atoms with Crippen molar-refractivity contribution >= 4 is 55.7 Å². The SMILES string of the molecule is Cc1cc(-c2c3ccccc3c(-c3ccc(N(c4ccccc4)c4ccccc4)cc3)c3c(C)cccc23)ccc1N(c1ccccc1)c1ccccc1. The van der Waals surface area contributed by atoms with Crippen LogP contribution < -0.4 is 9.80 Å². The number of rotatable bonds is 8. The molecule has 0 fully saturated rings. The van der Waals surface area contributed by atoms with E-state index in [0.717, 1.165) is 34.1 Å².